The number of aromatic nitrogens is 1. The molecule has 78 valence electrons. The Morgan fingerprint density at radius 1 is 1.29 bits per heavy atom. The van der Waals surface area contributed by atoms with Gasteiger partial charge in [-0.1, -0.05) is 13.8 Å². The summed E-state index contributed by atoms with van der Waals surface area (Å²) in [5, 5.41) is 2.59. The van der Waals surface area contributed by atoms with E-state index in [1.165, 1.54) is 0 Å². The molecule has 14 heavy (non-hydrogen) atoms. The quantitative estimate of drug-likeness (QED) is 0.765. The van der Waals surface area contributed by atoms with E-state index in [2.05, 4.69) is 10.3 Å². The first kappa shape index (κ1) is 10.8. The van der Waals surface area contributed by atoms with E-state index in [-0.39, 0.29) is 11.7 Å². The number of nitrogens with one attached hydrogen (secondary N) is 1. The van der Waals surface area contributed by atoms with Crippen LogP contribution in [0.15, 0.2) is 6.07 Å². The second-order valence-electron chi connectivity index (χ2n) is 3.37. The second-order valence-corrected chi connectivity index (χ2v) is 3.37. The molecule has 1 heterocycles. The van der Waals surface area contributed by atoms with Crippen LogP contribution in [0.5, 0.6) is 0 Å². The molecule has 1 N–H and O–H groups in total. The van der Waals surface area contributed by atoms with Gasteiger partial charge < -0.3 is 5.32 Å². The van der Waals surface area contributed by atoms with Crippen molar-refractivity contribution in [3.63, 3.8) is 0 Å². The Kier molecular flexibility index (Phi) is 3.33. The van der Waals surface area contributed by atoms with Gasteiger partial charge in [-0.2, -0.15) is 9.37 Å². The lowest BCUT2D eigenvalue weighted by Gasteiger charge is -2.08. The Hall–Kier alpha value is -1.26. The molecule has 2 nitrogen and oxygen atoms in total. The van der Waals surface area contributed by atoms with E-state index in [9.17, 15) is 13.2 Å². The minimum Gasteiger partial charge on any atom is -0.367 e. The Morgan fingerprint density at radius 3 is 2.50 bits per heavy atom. The molecule has 5 heteroatoms. The highest BCUT2D eigenvalue weighted by atomic mass is 19.2. The fourth-order valence-electron chi connectivity index (χ4n) is 0.869. The molecule has 0 spiro atoms. The van der Waals surface area contributed by atoms with Crippen molar-refractivity contribution in [3.05, 3.63) is 23.6 Å². The van der Waals surface area contributed by atoms with Gasteiger partial charge in [0.1, 0.15) is 0 Å². The number of hydrogen-bond donors (Lipinski definition) is 1. The van der Waals surface area contributed by atoms with Crippen molar-refractivity contribution in [2.45, 2.75) is 13.8 Å². The van der Waals surface area contributed by atoms with Gasteiger partial charge in [0.05, 0.1) is 0 Å². The van der Waals surface area contributed by atoms with E-state index in [0.29, 0.717) is 12.6 Å². The summed E-state index contributed by atoms with van der Waals surface area (Å²) in [5.74, 6) is -3.44. The van der Waals surface area contributed by atoms with Crippen molar-refractivity contribution in [2.24, 2.45) is 5.92 Å². The number of hydrogen-bond acceptors (Lipinski definition) is 2. The van der Waals surface area contributed by atoms with Gasteiger partial charge in [0, 0.05) is 12.6 Å². The number of pyridine rings is 1. The smallest absolute Gasteiger partial charge is 0.251 e. The zero-order valence-electron chi connectivity index (χ0n) is 7.94. The molecule has 0 aromatic carbocycles. The first-order chi connectivity index (χ1) is 6.50. The summed E-state index contributed by atoms with van der Waals surface area (Å²) in [6.07, 6.45) is 0. The van der Waals surface area contributed by atoms with Crippen LogP contribution in [-0.2, 0) is 0 Å². The molecule has 0 saturated carbocycles. The SMILES string of the molecule is CC(C)CNc1nc(F)c(F)cc1F. The lowest BCUT2D eigenvalue weighted by molar-refractivity contribution is 0.466. The first-order valence-electron chi connectivity index (χ1n) is 4.26. The summed E-state index contributed by atoms with van der Waals surface area (Å²) in [6, 6.07) is 0.477. The third-order valence-electron chi connectivity index (χ3n) is 1.56. The number of nitrogens with zero attached hydrogens (tertiary/aromatic N) is 1. The number of rotatable bonds is 3. The third kappa shape index (κ3) is 2.61. The largest absolute Gasteiger partial charge is 0.367 e. The third-order valence-corrected chi connectivity index (χ3v) is 1.56. The molecule has 0 radical (unpaired) electrons. The number of anilines is 1. The van der Waals surface area contributed by atoms with E-state index >= 15 is 0 Å². The minimum absolute atomic E-state index is 0.252. The van der Waals surface area contributed by atoms with Crippen LogP contribution in [0.4, 0.5) is 19.0 Å². The van der Waals surface area contributed by atoms with E-state index in [1.807, 2.05) is 13.8 Å². The van der Waals surface area contributed by atoms with Crippen molar-refractivity contribution in [1.82, 2.24) is 4.98 Å². The van der Waals surface area contributed by atoms with Crippen LogP contribution in [0.25, 0.3) is 0 Å². The molecular formula is C9H11F3N2. The molecule has 0 aliphatic rings. The maximum absolute atomic E-state index is 12.9. The van der Waals surface area contributed by atoms with E-state index in [1.54, 1.807) is 0 Å². The van der Waals surface area contributed by atoms with Crippen molar-refractivity contribution < 1.29 is 13.2 Å². The monoisotopic (exact) mass is 204 g/mol. The molecular weight excluding hydrogens is 193 g/mol. The van der Waals surface area contributed by atoms with Gasteiger partial charge in [-0.3, -0.25) is 0 Å². The van der Waals surface area contributed by atoms with Gasteiger partial charge in [-0.15, -0.1) is 0 Å². The van der Waals surface area contributed by atoms with Crippen LogP contribution in [0.2, 0.25) is 0 Å². The molecule has 1 aromatic rings. The van der Waals surface area contributed by atoms with Gasteiger partial charge in [-0.05, 0) is 5.92 Å². The van der Waals surface area contributed by atoms with E-state index in [0.717, 1.165) is 0 Å². The predicted octanol–water partition coefficient (Wildman–Crippen LogP) is 2.57. The molecule has 0 saturated heterocycles. The molecule has 0 bridgehead atoms. The van der Waals surface area contributed by atoms with Crippen LogP contribution in [0.1, 0.15) is 13.8 Å². The Labute approximate surface area is 80.2 Å². The average Bonchev–Trinajstić information content (AvgIpc) is 2.09. The molecule has 0 fully saturated rings. The molecule has 1 aromatic heterocycles. The highest BCUT2D eigenvalue weighted by molar-refractivity contribution is 5.36. The van der Waals surface area contributed by atoms with Crippen LogP contribution in [0, 0.1) is 23.5 Å². The van der Waals surface area contributed by atoms with Crippen molar-refractivity contribution in [1.29, 1.82) is 0 Å². The van der Waals surface area contributed by atoms with Crippen LogP contribution in [0.3, 0.4) is 0 Å². The normalized spacial score (nSPS) is 10.7. The van der Waals surface area contributed by atoms with Gasteiger partial charge in [-0.25, -0.2) is 8.78 Å². The molecule has 0 aliphatic heterocycles. The van der Waals surface area contributed by atoms with Gasteiger partial charge >= 0.3 is 0 Å². The van der Waals surface area contributed by atoms with Crippen molar-refractivity contribution in [3.8, 4) is 0 Å². The maximum Gasteiger partial charge on any atom is 0.251 e. The van der Waals surface area contributed by atoms with Crippen LogP contribution in [-0.4, -0.2) is 11.5 Å². The Balaban J connectivity index is 2.82. The predicted molar refractivity (Wildman–Crippen MR) is 47.4 cm³/mol. The van der Waals surface area contributed by atoms with E-state index < -0.39 is 17.6 Å². The Bertz CT molecular complexity index is 326. The lowest BCUT2D eigenvalue weighted by Crippen LogP contribution is -2.11. The fourth-order valence-corrected chi connectivity index (χ4v) is 0.869. The molecule has 0 unspecified atom stereocenters. The standard InChI is InChI=1S/C9H11F3N2/c1-5(2)4-13-9-7(11)3-6(10)8(12)14-9/h3,5H,4H2,1-2H3,(H,13,14). The topological polar surface area (TPSA) is 24.9 Å². The number of halogens is 3. The zero-order chi connectivity index (χ0) is 10.7. The summed E-state index contributed by atoms with van der Waals surface area (Å²) in [7, 11) is 0. The summed E-state index contributed by atoms with van der Waals surface area (Å²) in [5.41, 5.74) is 0. The van der Waals surface area contributed by atoms with E-state index in [4.69, 9.17) is 0 Å². The highest BCUT2D eigenvalue weighted by Crippen LogP contribution is 2.14. The Morgan fingerprint density at radius 2 is 1.93 bits per heavy atom. The first-order valence-corrected chi connectivity index (χ1v) is 4.26. The van der Waals surface area contributed by atoms with Crippen molar-refractivity contribution in [2.75, 3.05) is 11.9 Å². The van der Waals surface area contributed by atoms with Gasteiger partial charge in [0.2, 0.25) is 0 Å². The lowest BCUT2D eigenvalue weighted by atomic mass is 10.2. The summed E-state index contributed by atoms with van der Waals surface area (Å²) in [4.78, 5) is 3.12. The molecule has 0 aliphatic carbocycles. The highest BCUT2D eigenvalue weighted by Gasteiger charge is 2.11. The van der Waals surface area contributed by atoms with Crippen LogP contribution < -0.4 is 5.32 Å². The van der Waals surface area contributed by atoms with Crippen LogP contribution >= 0.6 is 0 Å². The minimum atomic E-state index is -1.29. The molecule has 1 rings (SSSR count). The summed E-state index contributed by atoms with van der Waals surface area (Å²) in [6.45, 7) is 4.27. The maximum atomic E-state index is 12.9. The van der Waals surface area contributed by atoms with Gasteiger partial charge in [0.15, 0.2) is 17.5 Å². The van der Waals surface area contributed by atoms with Crippen molar-refractivity contribution >= 4 is 5.82 Å². The molecule has 0 atom stereocenters. The fraction of sp³-hybridized carbons (Fsp3) is 0.444. The second kappa shape index (κ2) is 4.30. The molecule has 0 amide bonds. The average molecular weight is 204 g/mol. The van der Waals surface area contributed by atoms with Gasteiger partial charge in [0.25, 0.3) is 5.95 Å². The zero-order valence-corrected chi connectivity index (χ0v) is 7.94. The summed E-state index contributed by atoms with van der Waals surface area (Å²) < 4.78 is 38.0. The summed E-state index contributed by atoms with van der Waals surface area (Å²) >= 11 is 0.